The minimum Gasteiger partial charge on any atom is -0.350 e. The zero-order valence-electron chi connectivity index (χ0n) is 26.0. The van der Waals surface area contributed by atoms with Crippen molar-refractivity contribution in [1.29, 1.82) is 0 Å². The number of hydrogen-bond donors (Lipinski definition) is 1. The van der Waals surface area contributed by atoms with Gasteiger partial charge in [-0.15, -0.1) is 0 Å². The van der Waals surface area contributed by atoms with Gasteiger partial charge in [0.25, 0.3) is 10.0 Å². The predicted molar refractivity (Wildman–Crippen MR) is 189 cm³/mol. The first-order valence-electron chi connectivity index (χ1n) is 14.6. The molecule has 0 radical (unpaired) electrons. The van der Waals surface area contributed by atoms with Gasteiger partial charge in [-0.25, -0.2) is 8.42 Å². The fraction of sp³-hybridized carbons (Fsp3) is 0.257. The second kappa shape index (κ2) is 15.0. The van der Waals surface area contributed by atoms with Gasteiger partial charge in [0.15, 0.2) is 0 Å². The zero-order valence-corrected chi connectivity index (χ0v) is 29.9. The highest BCUT2D eigenvalue weighted by Crippen LogP contribution is 2.28. The number of aryl methyl sites for hydroxylation is 1. The van der Waals surface area contributed by atoms with Crippen LogP contribution in [0.1, 0.15) is 37.5 Å². The van der Waals surface area contributed by atoms with Crippen LogP contribution >= 0.6 is 39.1 Å². The van der Waals surface area contributed by atoms with E-state index in [0.29, 0.717) is 21.3 Å². The van der Waals surface area contributed by atoms with Crippen LogP contribution in [0.2, 0.25) is 10.0 Å². The summed E-state index contributed by atoms with van der Waals surface area (Å²) in [5.74, 6) is -0.971. The van der Waals surface area contributed by atoms with Crippen LogP contribution in [0.3, 0.4) is 0 Å². The number of amides is 2. The fourth-order valence-corrected chi connectivity index (χ4v) is 6.96. The van der Waals surface area contributed by atoms with Crippen molar-refractivity contribution in [1.82, 2.24) is 10.2 Å². The highest BCUT2D eigenvalue weighted by molar-refractivity contribution is 9.10. The molecule has 4 rings (SSSR count). The van der Waals surface area contributed by atoms with Crippen molar-refractivity contribution in [2.75, 3.05) is 10.8 Å². The molecule has 0 saturated heterocycles. The Morgan fingerprint density at radius 2 is 1.52 bits per heavy atom. The number of hydrogen-bond acceptors (Lipinski definition) is 4. The summed E-state index contributed by atoms with van der Waals surface area (Å²) in [6.45, 7) is 6.80. The molecule has 7 nitrogen and oxygen atoms in total. The van der Waals surface area contributed by atoms with E-state index in [1.807, 2.05) is 58.0 Å². The number of halogens is 3. The SMILES string of the molecule is Cc1ccc(S(=O)(=O)N(CC(=O)N(Cc2ccc(Cl)cc2Cl)[C@@H](Cc2ccccc2)C(=O)NC(C)(C)C)c2ccc(Br)cc2)cc1. The summed E-state index contributed by atoms with van der Waals surface area (Å²) < 4.78 is 30.1. The van der Waals surface area contributed by atoms with E-state index in [0.717, 1.165) is 19.9 Å². The minimum atomic E-state index is -4.21. The van der Waals surface area contributed by atoms with Gasteiger partial charge in [0.1, 0.15) is 12.6 Å². The second-order valence-electron chi connectivity index (χ2n) is 12.0. The smallest absolute Gasteiger partial charge is 0.264 e. The van der Waals surface area contributed by atoms with Gasteiger partial charge in [0.05, 0.1) is 10.6 Å². The highest BCUT2D eigenvalue weighted by Gasteiger charge is 2.36. The Hall–Kier alpha value is -3.37. The summed E-state index contributed by atoms with van der Waals surface area (Å²) in [6, 6.07) is 26.4. The average molecular weight is 746 g/mol. The minimum absolute atomic E-state index is 0.0347. The molecule has 0 aliphatic carbocycles. The van der Waals surface area contributed by atoms with Crippen LogP contribution in [-0.2, 0) is 32.6 Å². The van der Waals surface area contributed by atoms with Crippen molar-refractivity contribution >= 4 is 66.7 Å². The first kappa shape index (κ1) is 35.5. The Balaban J connectivity index is 1.83. The van der Waals surface area contributed by atoms with Gasteiger partial charge in [-0.3, -0.25) is 13.9 Å². The number of carbonyl (C=O) groups is 2. The van der Waals surface area contributed by atoms with Gasteiger partial charge in [-0.2, -0.15) is 0 Å². The maximum absolute atomic E-state index is 14.6. The summed E-state index contributed by atoms with van der Waals surface area (Å²) in [5.41, 5.74) is 1.97. The van der Waals surface area contributed by atoms with Gasteiger partial charge in [-0.05, 0) is 87.4 Å². The number of sulfonamides is 1. The molecule has 11 heteroatoms. The lowest BCUT2D eigenvalue weighted by molar-refractivity contribution is -0.140. The molecular formula is C35H36BrCl2N3O4S. The molecule has 2 amide bonds. The van der Waals surface area contributed by atoms with Crippen LogP contribution in [0.4, 0.5) is 5.69 Å². The van der Waals surface area contributed by atoms with Crippen molar-refractivity contribution in [3.05, 3.63) is 128 Å². The molecule has 1 atom stereocenters. The van der Waals surface area contributed by atoms with Gasteiger partial charge >= 0.3 is 0 Å². The maximum Gasteiger partial charge on any atom is 0.264 e. The van der Waals surface area contributed by atoms with Gasteiger partial charge in [-0.1, -0.05) is 93.2 Å². The Morgan fingerprint density at radius 3 is 2.11 bits per heavy atom. The average Bonchev–Trinajstić information content (AvgIpc) is 2.99. The Morgan fingerprint density at radius 1 is 0.891 bits per heavy atom. The number of nitrogens with zero attached hydrogens (tertiary/aromatic N) is 2. The molecule has 46 heavy (non-hydrogen) atoms. The molecule has 4 aromatic carbocycles. The van der Waals surface area contributed by atoms with Crippen molar-refractivity contribution in [3.63, 3.8) is 0 Å². The number of carbonyl (C=O) groups excluding carboxylic acids is 2. The van der Waals surface area contributed by atoms with Crippen molar-refractivity contribution in [2.24, 2.45) is 0 Å². The standard InChI is InChI=1S/C35H36BrCl2N3O4S/c1-24-10-18-30(19-11-24)46(44,45)41(29-16-13-27(36)14-17-29)23-33(42)40(22-26-12-15-28(37)21-31(26)38)32(34(43)39-35(2,3)4)20-25-8-6-5-7-9-25/h5-19,21,32H,20,22-23H2,1-4H3,(H,39,43)/t32-/m0/s1. The molecule has 0 aromatic heterocycles. The number of anilines is 1. The van der Waals surface area contributed by atoms with E-state index in [-0.39, 0.29) is 23.8 Å². The third-order valence-corrected chi connectivity index (χ3v) is 10.0. The molecule has 0 heterocycles. The molecule has 0 bridgehead atoms. The van der Waals surface area contributed by atoms with Crippen molar-refractivity contribution in [3.8, 4) is 0 Å². The Kier molecular flexibility index (Phi) is 11.6. The summed E-state index contributed by atoms with van der Waals surface area (Å²) in [5, 5.41) is 3.75. The second-order valence-corrected chi connectivity index (χ2v) is 15.6. The molecule has 4 aromatic rings. The normalized spacial score (nSPS) is 12.3. The van der Waals surface area contributed by atoms with Crippen LogP contribution in [0, 0.1) is 6.92 Å². The van der Waals surface area contributed by atoms with E-state index in [9.17, 15) is 18.0 Å². The van der Waals surface area contributed by atoms with Crippen molar-refractivity contribution < 1.29 is 18.0 Å². The van der Waals surface area contributed by atoms with Gasteiger partial charge < -0.3 is 10.2 Å². The first-order valence-corrected chi connectivity index (χ1v) is 17.6. The number of benzene rings is 4. The molecule has 0 spiro atoms. The Labute approximate surface area is 289 Å². The Bertz CT molecular complexity index is 1780. The largest absolute Gasteiger partial charge is 0.350 e. The summed E-state index contributed by atoms with van der Waals surface area (Å²) in [7, 11) is -4.21. The van der Waals surface area contributed by atoms with Crippen molar-refractivity contribution in [2.45, 2.75) is 57.1 Å². The number of rotatable bonds is 11. The maximum atomic E-state index is 14.6. The van der Waals surface area contributed by atoms with Crippen LogP contribution < -0.4 is 9.62 Å². The highest BCUT2D eigenvalue weighted by atomic mass is 79.9. The van der Waals surface area contributed by atoms with E-state index >= 15 is 0 Å². The fourth-order valence-electron chi connectivity index (χ4n) is 4.81. The summed E-state index contributed by atoms with van der Waals surface area (Å²) in [6.07, 6.45) is 0.183. The quantitative estimate of drug-likeness (QED) is 0.170. The lowest BCUT2D eigenvalue weighted by atomic mass is 10.0. The van der Waals surface area contributed by atoms with Crippen LogP contribution in [-0.4, -0.2) is 43.3 Å². The first-order chi connectivity index (χ1) is 21.6. The van der Waals surface area contributed by atoms with Crippen LogP contribution in [0.25, 0.3) is 0 Å². The van der Waals surface area contributed by atoms with E-state index in [4.69, 9.17) is 23.2 Å². The molecule has 242 valence electrons. The molecule has 0 aliphatic rings. The molecule has 1 N–H and O–H groups in total. The third-order valence-electron chi connectivity index (χ3n) is 7.13. The van der Waals surface area contributed by atoms with E-state index < -0.39 is 34.1 Å². The van der Waals surface area contributed by atoms with E-state index in [1.54, 1.807) is 54.6 Å². The monoisotopic (exact) mass is 743 g/mol. The summed E-state index contributed by atoms with van der Waals surface area (Å²) in [4.78, 5) is 30.0. The molecular weight excluding hydrogens is 709 g/mol. The molecule has 0 fully saturated rings. The summed E-state index contributed by atoms with van der Waals surface area (Å²) >= 11 is 16.1. The molecule has 0 unspecified atom stereocenters. The lowest BCUT2D eigenvalue weighted by Crippen LogP contribution is -2.56. The zero-order chi connectivity index (χ0) is 33.6. The van der Waals surface area contributed by atoms with Gasteiger partial charge in [0.2, 0.25) is 11.8 Å². The van der Waals surface area contributed by atoms with E-state index in [2.05, 4.69) is 21.2 Å². The van der Waals surface area contributed by atoms with Crippen LogP contribution in [0.5, 0.6) is 0 Å². The van der Waals surface area contributed by atoms with E-state index in [1.165, 1.54) is 17.0 Å². The predicted octanol–water partition coefficient (Wildman–Crippen LogP) is 7.81. The third kappa shape index (κ3) is 9.35. The van der Waals surface area contributed by atoms with Crippen LogP contribution in [0.15, 0.2) is 106 Å². The molecule has 0 aliphatic heterocycles. The lowest BCUT2D eigenvalue weighted by Gasteiger charge is -2.35. The number of nitrogens with one attached hydrogen (secondary N) is 1. The van der Waals surface area contributed by atoms with Gasteiger partial charge in [0, 0.05) is 33.0 Å². The molecule has 0 saturated carbocycles. The topological polar surface area (TPSA) is 86.8 Å².